The Hall–Kier alpha value is -1.20. The molecule has 1 saturated heterocycles. The molecule has 5 heteroatoms. The number of carbonyl (C=O) groups is 1. The van der Waals surface area contributed by atoms with Gasteiger partial charge < -0.3 is 9.84 Å². The zero-order valence-corrected chi connectivity index (χ0v) is 11.9. The molecule has 0 saturated carbocycles. The summed E-state index contributed by atoms with van der Waals surface area (Å²) in [6.45, 7) is 4.01. The van der Waals surface area contributed by atoms with Crippen molar-refractivity contribution in [1.29, 1.82) is 0 Å². The molecule has 1 aromatic rings. The van der Waals surface area contributed by atoms with Crippen molar-refractivity contribution in [3.63, 3.8) is 0 Å². The number of hydrogen-bond donors (Lipinski definition) is 1. The lowest BCUT2D eigenvalue weighted by molar-refractivity contribution is -0.142. The van der Waals surface area contributed by atoms with E-state index < -0.39 is 12.0 Å². The number of benzene rings is 1. The van der Waals surface area contributed by atoms with E-state index in [2.05, 4.69) is 0 Å². The molecule has 1 aliphatic heterocycles. The average Bonchev–Trinajstić information content (AvgIpc) is 2.42. The first-order chi connectivity index (χ1) is 9.22. The van der Waals surface area contributed by atoms with E-state index in [1.165, 1.54) is 0 Å². The summed E-state index contributed by atoms with van der Waals surface area (Å²) in [5.41, 5.74) is 1.06. The summed E-state index contributed by atoms with van der Waals surface area (Å²) in [6, 6.07) is 7.45. The lowest BCUT2D eigenvalue weighted by atomic mass is 10.1. The predicted molar refractivity (Wildman–Crippen MR) is 76.8 cm³/mol. The average molecular weight is 281 g/mol. The van der Waals surface area contributed by atoms with Crippen LogP contribution in [0.3, 0.4) is 0 Å². The van der Waals surface area contributed by atoms with Crippen LogP contribution in [0.4, 0.5) is 0 Å². The van der Waals surface area contributed by atoms with Crippen molar-refractivity contribution < 1.29 is 14.6 Å². The number of carboxylic acids is 1. The Kier molecular flexibility index (Phi) is 5.10. The second-order valence-electron chi connectivity index (χ2n) is 4.44. The van der Waals surface area contributed by atoms with Crippen LogP contribution < -0.4 is 4.74 Å². The van der Waals surface area contributed by atoms with Gasteiger partial charge in [0.05, 0.1) is 6.61 Å². The van der Waals surface area contributed by atoms with E-state index in [1.807, 2.05) is 36.1 Å². The highest BCUT2D eigenvalue weighted by Gasteiger charge is 2.29. The summed E-state index contributed by atoms with van der Waals surface area (Å²) in [5.74, 6) is 1.76. The fourth-order valence-electron chi connectivity index (χ4n) is 2.20. The molecular formula is C14H19NO3S. The fraction of sp³-hybridized carbons (Fsp3) is 0.500. The minimum absolute atomic E-state index is 0.395. The molecule has 1 aromatic carbocycles. The van der Waals surface area contributed by atoms with Gasteiger partial charge >= 0.3 is 5.97 Å². The van der Waals surface area contributed by atoms with Gasteiger partial charge in [0.1, 0.15) is 11.8 Å². The summed E-state index contributed by atoms with van der Waals surface area (Å²) in [7, 11) is 0. The van der Waals surface area contributed by atoms with Gasteiger partial charge in [-0.05, 0) is 13.0 Å². The number of carboxylic acid groups (broad SMARTS) is 1. The number of thioether (sulfide) groups is 1. The van der Waals surface area contributed by atoms with Crippen molar-refractivity contribution in [2.24, 2.45) is 0 Å². The minimum atomic E-state index is -0.735. The summed E-state index contributed by atoms with van der Waals surface area (Å²) >= 11 is 1.71. The van der Waals surface area contributed by atoms with Crippen molar-refractivity contribution in [2.45, 2.75) is 19.5 Å². The van der Waals surface area contributed by atoms with Gasteiger partial charge in [-0.15, -0.1) is 0 Å². The molecule has 0 radical (unpaired) electrons. The van der Waals surface area contributed by atoms with E-state index in [-0.39, 0.29) is 0 Å². The third-order valence-corrected chi connectivity index (χ3v) is 4.19. The number of hydrogen-bond acceptors (Lipinski definition) is 4. The van der Waals surface area contributed by atoms with E-state index in [9.17, 15) is 9.90 Å². The van der Waals surface area contributed by atoms with Gasteiger partial charge in [-0.2, -0.15) is 11.8 Å². The van der Waals surface area contributed by atoms with Crippen LogP contribution in [-0.4, -0.2) is 46.7 Å². The van der Waals surface area contributed by atoms with Crippen molar-refractivity contribution in [2.75, 3.05) is 24.7 Å². The topological polar surface area (TPSA) is 49.8 Å². The number of para-hydroxylation sites is 1. The van der Waals surface area contributed by atoms with E-state index in [4.69, 9.17) is 4.74 Å². The monoisotopic (exact) mass is 281 g/mol. The Bertz CT molecular complexity index is 438. The third-order valence-electron chi connectivity index (χ3n) is 3.17. The number of aliphatic carboxylic acids is 1. The van der Waals surface area contributed by atoms with Crippen LogP contribution in [0.1, 0.15) is 12.5 Å². The van der Waals surface area contributed by atoms with Gasteiger partial charge in [0, 0.05) is 30.2 Å². The Balaban J connectivity index is 2.12. The molecule has 0 aliphatic carbocycles. The maximum absolute atomic E-state index is 11.3. The highest BCUT2D eigenvalue weighted by atomic mass is 32.2. The zero-order valence-electron chi connectivity index (χ0n) is 11.0. The van der Waals surface area contributed by atoms with Crippen LogP contribution in [0.25, 0.3) is 0 Å². The molecule has 1 N–H and O–H groups in total. The second-order valence-corrected chi connectivity index (χ2v) is 5.59. The Morgan fingerprint density at radius 2 is 2.32 bits per heavy atom. The van der Waals surface area contributed by atoms with E-state index in [1.54, 1.807) is 11.8 Å². The summed E-state index contributed by atoms with van der Waals surface area (Å²) < 4.78 is 5.59. The molecular weight excluding hydrogens is 262 g/mol. The molecule has 0 bridgehead atoms. The predicted octanol–water partition coefficient (Wildman–Crippen LogP) is 2.09. The van der Waals surface area contributed by atoms with Crippen LogP contribution in [-0.2, 0) is 11.3 Å². The number of ether oxygens (including phenoxy) is 1. The smallest absolute Gasteiger partial charge is 0.321 e. The molecule has 1 fully saturated rings. The van der Waals surface area contributed by atoms with E-state index >= 15 is 0 Å². The quantitative estimate of drug-likeness (QED) is 0.895. The maximum Gasteiger partial charge on any atom is 0.321 e. The molecule has 0 aromatic heterocycles. The fourth-order valence-corrected chi connectivity index (χ4v) is 3.31. The SMILES string of the molecule is CCOc1ccccc1CN1CCSCC1C(=O)O. The van der Waals surface area contributed by atoms with Gasteiger partial charge in [-0.25, -0.2) is 0 Å². The van der Waals surface area contributed by atoms with Crippen molar-refractivity contribution in [3.05, 3.63) is 29.8 Å². The number of nitrogens with zero attached hydrogens (tertiary/aromatic N) is 1. The lowest BCUT2D eigenvalue weighted by Gasteiger charge is -2.32. The standard InChI is InChI=1S/C14H19NO3S/c1-2-18-13-6-4-3-5-11(13)9-15-7-8-19-10-12(15)14(16)17/h3-6,12H,2,7-10H2,1H3,(H,16,17). The van der Waals surface area contributed by atoms with Gasteiger partial charge in [0.2, 0.25) is 0 Å². The van der Waals surface area contributed by atoms with Crippen molar-refractivity contribution in [1.82, 2.24) is 4.90 Å². The van der Waals surface area contributed by atoms with Gasteiger partial charge in [0.25, 0.3) is 0 Å². The molecule has 19 heavy (non-hydrogen) atoms. The number of rotatable bonds is 5. The maximum atomic E-state index is 11.3. The minimum Gasteiger partial charge on any atom is -0.494 e. The Labute approximate surface area is 117 Å². The highest BCUT2D eigenvalue weighted by Crippen LogP contribution is 2.24. The van der Waals surface area contributed by atoms with Gasteiger partial charge in [-0.3, -0.25) is 9.69 Å². The zero-order chi connectivity index (χ0) is 13.7. The molecule has 1 heterocycles. The Morgan fingerprint density at radius 1 is 1.53 bits per heavy atom. The molecule has 1 aliphatic rings. The molecule has 0 amide bonds. The summed E-state index contributed by atoms with van der Waals surface area (Å²) in [4.78, 5) is 13.3. The first-order valence-electron chi connectivity index (χ1n) is 6.47. The molecule has 104 valence electrons. The van der Waals surface area contributed by atoms with Crippen LogP contribution in [0, 0.1) is 0 Å². The largest absolute Gasteiger partial charge is 0.494 e. The first kappa shape index (κ1) is 14.2. The van der Waals surface area contributed by atoms with Gasteiger partial charge in [0.15, 0.2) is 0 Å². The summed E-state index contributed by atoms with van der Waals surface area (Å²) in [5, 5.41) is 9.27. The van der Waals surface area contributed by atoms with Gasteiger partial charge in [-0.1, -0.05) is 18.2 Å². The molecule has 2 rings (SSSR count). The molecule has 1 unspecified atom stereocenters. The lowest BCUT2D eigenvalue weighted by Crippen LogP contribution is -2.46. The highest BCUT2D eigenvalue weighted by molar-refractivity contribution is 7.99. The van der Waals surface area contributed by atoms with E-state index in [0.717, 1.165) is 23.6 Å². The van der Waals surface area contributed by atoms with Crippen LogP contribution in [0.15, 0.2) is 24.3 Å². The second kappa shape index (κ2) is 6.82. The molecule has 0 spiro atoms. The third kappa shape index (κ3) is 3.64. The normalized spacial score (nSPS) is 20.2. The Morgan fingerprint density at radius 3 is 3.05 bits per heavy atom. The first-order valence-corrected chi connectivity index (χ1v) is 7.63. The molecule has 4 nitrogen and oxygen atoms in total. The van der Waals surface area contributed by atoms with Crippen LogP contribution in [0.5, 0.6) is 5.75 Å². The summed E-state index contributed by atoms with van der Waals surface area (Å²) in [6.07, 6.45) is 0. The van der Waals surface area contributed by atoms with Crippen molar-refractivity contribution in [3.8, 4) is 5.75 Å². The molecule has 1 atom stereocenters. The van der Waals surface area contributed by atoms with Crippen molar-refractivity contribution >= 4 is 17.7 Å². The van der Waals surface area contributed by atoms with Crippen LogP contribution >= 0.6 is 11.8 Å². The van der Waals surface area contributed by atoms with Crippen LogP contribution in [0.2, 0.25) is 0 Å². The van der Waals surface area contributed by atoms with E-state index in [0.29, 0.717) is 18.9 Å².